The fourth-order valence-corrected chi connectivity index (χ4v) is 2.92. The number of hydrogen-bond acceptors (Lipinski definition) is 4. The van der Waals surface area contributed by atoms with E-state index in [1.54, 1.807) is 18.2 Å². The monoisotopic (exact) mass is 322 g/mol. The number of benzene rings is 1. The number of rotatable bonds is 4. The zero-order chi connectivity index (χ0) is 15.7. The van der Waals surface area contributed by atoms with Gasteiger partial charge in [0.1, 0.15) is 18.4 Å². The first kappa shape index (κ1) is 14.8. The number of nitrogens with zero attached hydrogens (tertiary/aromatic N) is 1. The highest BCUT2D eigenvalue weighted by Gasteiger charge is 2.40. The van der Waals surface area contributed by atoms with Gasteiger partial charge < -0.3 is 9.64 Å². The number of halogens is 1. The van der Waals surface area contributed by atoms with Crippen LogP contribution in [0.3, 0.4) is 0 Å². The minimum atomic E-state index is -0.613. The molecule has 1 atom stereocenters. The Balaban J connectivity index is 1.84. The summed E-state index contributed by atoms with van der Waals surface area (Å²) < 4.78 is 5.56. The van der Waals surface area contributed by atoms with Crippen LogP contribution in [0.1, 0.15) is 28.8 Å². The van der Waals surface area contributed by atoms with Crippen molar-refractivity contribution in [2.24, 2.45) is 0 Å². The summed E-state index contributed by atoms with van der Waals surface area (Å²) in [4.78, 5) is 37.2. The van der Waals surface area contributed by atoms with Gasteiger partial charge >= 0.3 is 0 Å². The number of imide groups is 1. The third-order valence-corrected chi connectivity index (χ3v) is 4.03. The molecule has 1 fully saturated rings. The number of fused-ring (bicyclic) bond motifs is 1. The molecule has 2 aliphatic rings. The van der Waals surface area contributed by atoms with E-state index in [9.17, 15) is 14.4 Å². The number of carbonyl (C=O) groups excluding carboxylic acids is 3. The summed E-state index contributed by atoms with van der Waals surface area (Å²) in [6, 6.07) is 4.64. The van der Waals surface area contributed by atoms with Gasteiger partial charge in [-0.05, 0) is 18.6 Å². The molecule has 3 amide bonds. The average Bonchev–Trinajstić information content (AvgIpc) is 2.83. The zero-order valence-electron chi connectivity index (χ0n) is 11.8. The lowest BCUT2D eigenvalue weighted by atomic mass is 10.0. The topological polar surface area (TPSA) is 75.7 Å². The second-order valence-electron chi connectivity index (χ2n) is 5.22. The Bertz CT molecular complexity index is 646. The summed E-state index contributed by atoms with van der Waals surface area (Å²) in [5.74, 6) is 0.0494. The summed E-state index contributed by atoms with van der Waals surface area (Å²) >= 11 is 5.63. The molecule has 116 valence electrons. The van der Waals surface area contributed by atoms with Gasteiger partial charge in [0.15, 0.2) is 0 Å². The lowest BCUT2D eigenvalue weighted by molar-refractivity contribution is -0.136. The van der Waals surface area contributed by atoms with Gasteiger partial charge in [0.05, 0.1) is 12.4 Å². The number of ether oxygens (including phenoxy) is 1. The Morgan fingerprint density at radius 2 is 2.14 bits per heavy atom. The van der Waals surface area contributed by atoms with Crippen LogP contribution in [-0.4, -0.2) is 41.2 Å². The molecule has 1 aromatic carbocycles. The molecular weight excluding hydrogens is 308 g/mol. The number of hydrogen-bond donors (Lipinski definition) is 1. The van der Waals surface area contributed by atoms with Crippen LogP contribution in [0.5, 0.6) is 5.75 Å². The highest BCUT2D eigenvalue weighted by molar-refractivity contribution is 6.18. The second kappa shape index (κ2) is 5.96. The van der Waals surface area contributed by atoms with Crippen molar-refractivity contribution in [1.82, 2.24) is 10.2 Å². The van der Waals surface area contributed by atoms with Crippen molar-refractivity contribution in [3.63, 3.8) is 0 Å². The van der Waals surface area contributed by atoms with Gasteiger partial charge in [0.25, 0.3) is 5.91 Å². The van der Waals surface area contributed by atoms with E-state index in [0.29, 0.717) is 36.8 Å². The van der Waals surface area contributed by atoms with Crippen LogP contribution in [0.15, 0.2) is 18.2 Å². The molecule has 0 saturated carbocycles. The molecule has 2 aliphatic heterocycles. The summed E-state index contributed by atoms with van der Waals surface area (Å²) in [6.07, 6.45) is 0.592. The van der Waals surface area contributed by atoms with Crippen molar-refractivity contribution >= 4 is 29.3 Å². The molecule has 3 rings (SSSR count). The molecule has 2 heterocycles. The zero-order valence-corrected chi connectivity index (χ0v) is 12.6. The van der Waals surface area contributed by atoms with E-state index in [-0.39, 0.29) is 18.2 Å². The molecule has 1 saturated heterocycles. The molecule has 1 N–H and O–H groups in total. The van der Waals surface area contributed by atoms with E-state index in [1.165, 1.54) is 4.90 Å². The van der Waals surface area contributed by atoms with E-state index in [4.69, 9.17) is 16.3 Å². The lowest BCUT2D eigenvalue weighted by Gasteiger charge is -2.29. The number of carbonyl (C=O) groups is 3. The number of amides is 3. The lowest BCUT2D eigenvalue weighted by Crippen LogP contribution is -2.52. The van der Waals surface area contributed by atoms with E-state index in [2.05, 4.69) is 5.32 Å². The van der Waals surface area contributed by atoms with Gasteiger partial charge in [0, 0.05) is 17.5 Å². The third-order valence-electron chi connectivity index (χ3n) is 3.87. The third kappa shape index (κ3) is 2.54. The van der Waals surface area contributed by atoms with Crippen molar-refractivity contribution in [2.75, 3.05) is 12.5 Å². The smallest absolute Gasteiger partial charge is 0.255 e. The first-order chi connectivity index (χ1) is 10.6. The standard InChI is InChI=1S/C15H15ClN2O4/c16-6-7-22-12-3-1-2-9-10(12)8-18(15(9)21)11-4-5-13(19)17-14(11)20/h1-3,11H,4-8H2,(H,17,19,20). The summed E-state index contributed by atoms with van der Waals surface area (Å²) in [5, 5.41) is 2.28. The van der Waals surface area contributed by atoms with Crippen LogP contribution in [0.4, 0.5) is 0 Å². The van der Waals surface area contributed by atoms with Crippen molar-refractivity contribution in [1.29, 1.82) is 0 Å². The predicted octanol–water partition coefficient (Wildman–Crippen LogP) is 1.07. The molecule has 22 heavy (non-hydrogen) atoms. The van der Waals surface area contributed by atoms with Gasteiger partial charge in [-0.3, -0.25) is 19.7 Å². The predicted molar refractivity (Wildman–Crippen MR) is 78.7 cm³/mol. The van der Waals surface area contributed by atoms with Crippen molar-refractivity contribution in [3.05, 3.63) is 29.3 Å². The highest BCUT2D eigenvalue weighted by atomic mass is 35.5. The highest BCUT2D eigenvalue weighted by Crippen LogP contribution is 2.33. The maximum atomic E-state index is 12.5. The van der Waals surface area contributed by atoms with Crippen LogP contribution in [0.25, 0.3) is 0 Å². The normalized spacial score (nSPS) is 20.9. The molecule has 1 unspecified atom stereocenters. The van der Waals surface area contributed by atoms with Crippen LogP contribution in [0.2, 0.25) is 0 Å². The first-order valence-electron chi connectivity index (χ1n) is 7.07. The molecule has 0 aromatic heterocycles. The summed E-state index contributed by atoms with van der Waals surface area (Å²) in [5.41, 5.74) is 1.30. The van der Waals surface area contributed by atoms with E-state index >= 15 is 0 Å². The minimum Gasteiger partial charge on any atom is -0.492 e. The minimum absolute atomic E-state index is 0.208. The van der Waals surface area contributed by atoms with Gasteiger partial charge in [0.2, 0.25) is 11.8 Å². The Labute approximate surface area is 132 Å². The van der Waals surface area contributed by atoms with Crippen LogP contribution >= 0.6 is 11.6 Å². The van der Waals surface area contributed by atoms with E-state index in [1.807, 2.05) is 0 Å². The molecule has 1 aromatic rings. The molecule has 0 spiro atoms. The molecule has 7 heteroatoms. The van der Waals surface area contributed by atoms with Crippen LogP contribution in [0, 0.1) is 0 Å². The van der Waals surface area contributed by atoms with Crippen LogP contribution in [-0.2, 0) is 16.1 Å². The van der Waals surface area contributed by atoms with Gasteiger partial charge in [-0.25, -0.2) is 0 Å². The summed E-state index contributed by atoms with van der Waals surface area (Å²) in [6.45, 7) is 0.656. The quantitative estimate of drug-likeness (QED) is 0.664. The molecule has 0 bridgehead atoms. The summed E-state index contributed by atoms with van der Waals surface area (Å²) in [7, 11) is 0. The largest absolute Gasteiger partial charge is 0.492 e. The van der Waals surface area contributed by atoms with Crippen LogP contribution < -0.4 is 10.1 Å². The van der Waals surface area contributed by atoms with Crippen molar-refractivity contribution in [2.45, 2.75) is 25.4 Å². The van der Waals surface area contributed by atoms with Gasteiger partial charge in [-0.15, -0.1) is 11.6 Å². The number of piperidine rings is 1. The molecule has 6 nitrogen and oxygen atoms in total. The second-order valence-corrected chi connectivity index (χ2v) is 5.60. The van der Waals surface area contributed by atoms with E-state index in [0.717, 1.165) is 5.56 Å². The molecule has 0 aliphatic carbocycles. The Hall–Kier alpha value is -2.08. The molecule has 0 radical (unpaired) electrons. The first-order valence-corrected chi connectivity index (χ1v) is 7.60. The fourth-order valence-electron chi connectivity index (χ4n) is 2.84. The SMILES string of the molecule is O=C1CCC(N2Cc3c(OCCCl)cccc3C2=O)C(=O)N1. The number of alkyl halides is 1. The molecular formula is C15H15ClN2O4. The van der Waals surface area contributed by atoms with Gasteiger partial charge in [-0.2, -0.15) is 0 Å². The number of nitrogens with one attached hydrogen (secondary N) is 1. The maximum Gasteiger partial charge on any atom is 0.255 e. The Kier molecular flexibility index (Phi) is 4.02. The fraction of sp³-hybridized carbons (Fsp3) is 0.400. The van der Waals surface area contributed by atoms with E-state index < -0.39 is 11.9 Å². The Morgan fingerprint density at radius 1 is 1.32 bits per heavy atom. The van der Waals surface area contributed by atoms with Crippen molar-refractivity contribution < 1.29 is 19.1 Å². The maximum absolute atomic E-state index is 12.5. The van der Waals surface area contributed by atoms with Gasteiger partial charge in [-0.1, -0.05) is 6.07 Å². The average molecular weight is 323 g/mol. The van der Waals surface area contributed by atoms with Crippen molar-refractivity contribution in [3.8, 4) is 5.75 Å². The Morgan fingerprint density at radius 3 is 2.86 bits per heavy atom.